The summed E-state index contributed by atoms with van der Waals surface area (Å²) in [7, 11) is -3.30. The Labute approximate surface area is 76.5 Å². The zero-order valence-electron chi connectivity index (χ0n) is 7.99. The van der Waals surface area contributed by atoms with Crippen molar-refractivity contribution in [2.24, 2.45) is 0 Å². The van der Waals surface area contributed by atoms with Crippen LogP contribution in [0.2, 0.25) is 13.1 Å². The Morgan fingerprint density at radius 2 is 1.92 bits per heavy atom. The van der Waals surface area contributed by atoms with Crippen LogP contribution < -0.4 is 0 Å². The molecule has 2 atom stereocenters. The summed E-state index contributed by atoms with van der Waals surface area (Å²) in [5.74, 6) is -0.271. The van der Waals surface area contributed by atoms with Crippen LogP contribution >= 0.6 is 0 Å². The van der Waals surface area contributed by atoms with Crippen molar-refractivity contribution in [1.82, 2.24) is 0 Å². The second-order valence-electron chi connectivity index (χ2n) is 2.34. The molecule has 0 fully saturated rings. The highest BCUT2D eigenvalue weighted by atomic mass is 28.4. The molecule has 0 bridgehead atoms. The van der Waals surface area contributed by atoms with Crippen LogP contribution in [0, 0.1) is 0 Å². The quantitative estimate of drug-likeness (QED) is 0.610. The van der Waals surface area contributed by atoms with E-state index in [2.05, 4.69) is 0 Å². The summed E-state index contributed by atoms with van der Waals surface area (Å²) in [6.45, 7) is 7.72. The first kappa shape index (κ1) is 11.8. The van der Waals surface area contributed by atoms with E-state index in [1.807, 2.05) is 20.0 Å². The Morgan fingerprint density at radius 1 is 1.33 bits per heavy atom. The van der Waals surface area contributed by atoms with Crippen LogP contribution in [0.25, 0.3) is 0 Å². The minimum absolute atomic E-state index is 0.271. The SMILES string of the molecule is CCO[SiH](C)O[SiH](C)OC(C)=O. The van der Waals surface area contributed by atoms with Crippen LogP contribution in [-0.4, -0.2) is 31.1 Å². The molecule has 0 N–H and O–H groups in total. The molecule has 0 aromatic rings. The molecule has 0 saturated carbocycles. The fourth-order valence-electron chi connectivity index (χ4n) is 0.805. The molecule has 0 saturated heterocycles. The van der Waals surface area contributed by atoms with Gasteiger partial charge in [0.25, 0.3) is 5.97 Å². The van der Waals surface area contributed by atoms with Gasteiger partial charge in [-0.05, 0) is 20.0 Å². The maximum absolute atomic E-state index is 10.5. The lowest BCUT2D eigenvalue weighted by Crippen LogP contribution is -2.30. The summed E-state index contributed by atoms with van der Waals surface area (Å²) >= 11 is 0. The van der Waals surface area contributed by atoms with Crippen molar-refractivity contribution in [2.75, 3.05) is 6.61 Å². The van der Waals surface area contributed by atoms with Crippen LogP contribution in [-0.2, 0) is 17.8 Å². The van der Waals surface area contributed by atoms with E-state index < -0.39 is 18.6 Å². The van der Waals surface area contributed by atoms with Crippen molar-refractivity contribution < 1.29 is 17.8 Å². The number of hydrogen-bond acceptors (Lipinski definition) is 4. The highest BCUT2D eigenvalue weighted by Gasteiger charge is 2.14. The summed E-state index contributed by atoms with van der Waals surface area (Å²) in [5, 5.41) is 0. The molecule has 0 amide bonds. The van der Waals surface area contributed by atoms with Gasteiger partial charge in [-0.2, -0.15) is 0 Å². The highest BCUT2D eigenvalue weighted by Crippen LogP contribution is 1.95. The zero-order chi connectivity index (χ0) is 9.56. The second kappa shape index (κ2) is 6.35. The minimum Gasteiger partial charge on any atom is -0.498 e. The van der Waals surface area contributed by atoms with Crippen LogP contribution in [0.5, 0.6) is 0 Å². The fourth-order valence-corrected chi connectivity index (χ4v) is 4.44. The maximum atomic E-state index is 10.5. The average Bonchev–Trinajstić information content (AvgIpc) is 1.84. The van der Waals surface area contributed by atoms with E-state index in [1.54, 1.807) is 0 Å². The first-order chi connectivity index (χ1) is 5.56. The largest absolute Gasteiger partial charge is 0.498 e. The zero-order valence-corrected chi connectivity index (χ0v) is 10.3. The molecule has 2 unspecified atom stereocenters. The number of rotatable bonds is 5. The van der Waals surface area contributed by atoms with Gasteiger partial charge in [-0.25, -0.2) is 0 Å². The van der Waals surface area contributed by atoms with Crippen molar-refractivity contribution in [1.29, 1.82) is 0 Å². The Balaban J connectivity index is 3.53. The third-order valence-electron chi connectivity index (χ3n) is 1.12. The molecule has 0 spiro atoms. The van der Waals surface area contributed by atoms with Crippen molar-refractivity contribution >= 4 is 24.5 Å². The summed E-state index contributed by atoms with van der Waals surface area (Å²) in [6.07, 6.45) is 0. The van der Waals surface area contributed by atoms with E-state index in [-0.39, 0.29) is 5.97 Å². The van der Waals surface area contributed by atoms with Gasteiger partial charge in [0.05, 0.1) is 0 Å². The van der Waals surface area contributed by atoms with Crippen LogP contribution in [0.3, 0.4) is 0 Å². The third-order valence-corrected chi connectivity index (χ3v) is 5.65. The number of carbonyl (C=O) groups excluding carboxylic acids is 1. The minimum atomic E-state index is -1.76. The molecule has 0 heterocycles. The predicted molar refractivity (Wildman–Crippen MR) is 50.5 cm³/mol. The van der Waals surface area contributed by atoms with Crippen molar-refractivity contribution in [3.05, 3.63) is 0 Å². The Hall–Kier alpha value is -0.176. The van der Waals surface area contributed by atoms with Gasteiger partial charge < -0.3 is 13.0 Å². The van der Waals surface area contributed by atoms with Gasteiger partial charge in [0.15, 0.2) is 0 Å². The fraction of sp³-hybridized carbons (Fsp3) is 0.833. The summed E-state index contributed by atoms with van der Waals surface area (Å²) < 4.78 is 15.6. The van der Waals surface area contributed by atoms with E-state index in [0.29, 0.717) is 6.61 Å². The lowest BCUT2D eigenvalue weighted by molar-refractivity contribution is -0.133. The molecule has 0 aromatic carbocycles. The van der Waals surface area contributed by atoms with Crippen molar-refractivity contribution in [3.8, 4) is 0 Å². The molecule has 72 valence electrons. The highest BCUT2D eigenvalue weighted by molar-refractivity contribution is 6.58. The molecule has 0 radical (unpaired) electrons. The molecule has 12 heavy (non-hydrogen) atoms. The standard InChI is InChI=1S/C6H16O4Si2/c1-5-8-11(3)10-12(4)9-6(2)7/h11-12H,5H2,1-4H3. The molecule has 4 nitrogen and oxygen atoms in total. The van der Waals surface area contributed by atoms with Gasteiger partial charge in [0, 0.05) is 13.5 Å². The Bertz CT molecular complexity index is 142. The summed E-state index contributed by atoms with van der Waals surface area (Å²) in [6, 6.07) is 0. The van der Waals surface area contributed by atoms with Gasteiger partial charge in [-0.1, -0.05) is 0 Å². The second-order valence-corrected chi connectivity index (χ2v) is 6.26. The number of carbonyl (C=O) groups is 1. The predicted octanol–water partition coefficient (Wildman–Crippen LogP) is 0.303. The average molecular weight is 208 g/mol. The Morgan fingerprint density at radius 3 is 2.33 bits per heavy atom. The van der Waals surface area contributed by atoms with E-state index in [4.69, 9.17) is 13.0 Å². The van der Waals surface area contributed by atoms with Gasteiger partial charge in [-0.15, -0.1) is 0 Å². The van der Waals surface area contributed by atoms with Crippen LogP contribution in [0.15, 0.2) is 0 Å². The monoisotopic (exact) mass is 208 g/mol. The molecule has 6 heteroatoms. The van der Waals surface area contributed by atoms with Gasteiger partial charge in [0.1, 0.15) is 0 Å². The molecule has 0 aliphatic carbocycles. The smallest absolute Gasteiger partial charge is 0.373 e. The molecular formula is C6H16O4Si2. The lowest BCUT2D eigenvalue weighted by atomic mass is 10.9. The van der Waals surface area contributed by atoms with Gasteiger partial charge in [0.2, 0.25) is 0 Å². The molecule has 0 rings (SSSR count). The normalized spacial score (nSPS) is 15.3. The van der Waals surface area contributed by atoms with Gasteiger partial charge >= 0.3 is 18.6 Å². The first-order valence-electron chi connectivity index (χ1n) is 4.00. The topological polar surface area (TPSA) is 44.8 Å². The summed E-state index contributed by atoms with van der Waals surface area (Å²) in [5.41, 5.74) is 0. The first-order valence-corrected chi connectivity index (χ1v) is 8.20. The van der Waals surface area contributed by atoms with Crippen molar-refractivity contribution in [2.45, 2.75) is 26.9 Å². The number of hydrogen-bond donors (Lipinski definition) is 0. The van der Waals surface area contributed by atoms with E-state index >= 15 is 0 Å². The van der Waals surface area contributed by atoms with E-state index in [0.717, 1.165) is 0 Å². The van der Waals surface area contributed by atoms with Crippen LogP contribution in [0.1, 0.15) is 13.8 Å². The van der Waals surface area contributed by atoms with E-state index in [1.165, 1.54) is 6.92 Å². The lowest BCUT2D eigenvalue weighted by Gasteiger charge is -2.16. The van der Waals surface area contributed by atoms with E-state index in [9.17, 15) is 4.79 Å². The molecule has 0 aliphatic rings. The maximum Gasteiger partial charge on any atom is 0.373 e. The van der Waals surface area contributed by atoms with Crippen LogP contribution in [0.4, 0.5) is 0 Å². The molecule has 0 aliphatic heterocycles. The molecule has 0 aromatic heterocycles. The third kappa shape index (κ3) is 6.53. The Kier molecular flexibility index (Phi) is 6.26. The van der Waals surface area contributed by atoms with Gasteiger partial charge in [-0.3, -0.25) is 4.79 Å². The van der Waals surface area contributed by atoms with Crippen molar-refractivity contribution in [3.63, 3.8) is 0 Å². The molecular weight excluding hydrogens is 192 g/mol. The summed E-state index contributed by atoms with van der Waals surface area (Å²) in [4.78, 5) is 10.5.